The van der Waals surface area contributed by atoms with E-state index in [-0.39, 0.29) is 0 Å². The number of pyridine rings is 1. The minimum atomic E-state index is 0.421. The molecule has 0 bridgehead atoms. The molecule has 146 valence electrons. The third-order valence-corrected chi connectivity index (χ3v) is 4.55. The van der Waals surface area contributed by atoms with E-state index in [2.05, 4.69) is 30.2 Å². The van der Waals surface area contributed by atoms with Crippen molar-refractivity contribution in [2.75, 3.05) is 25.6 Å². The monoisotopic (exact) mass is 378 g/mol. The normalized spacial score (nSPS) is 10.4. The molecule has 0 atom stereocenters. The molecule has 2 aromatic carbocycles. The van der Waals surface area contributed by atoms with Gasteiger partial charge in [-0.1, -0.05) is 30.3 Å². The van der Waals surface area contributed by atoms with Crippen molar-refractivity contribution in [3.05, 3.63) is 77.5 Å². The van der Waals surface area contributed by atoms with Crippen molar-refractivity contribution >= 4 is 5.82 Å². The molecule has 0 amide bonds. The first kappa shape index (κ1) is 19.5. The molecule has 5 heteroatoms. The Morgan fingerprint density at radius 1 is 0.857 bits per heavy atom. The summed E-state index contributed by atoms with van der Waals surface area (Å²) in [5.74, 6) is 3.13. The van der Waals surface area contributed by atoms with Gasteiger partial charge in [0.05, 0.1) is 7.11 Å². The Morgan fingerprint density at radius 2 is 1.64 bits per heavy atom. The minimum absolute atomic E-state index is 0.421. The zero-order valence-corrected chi connectivity index (χ0v) is 16.6. The molecule has 0 saturated heterocycles. The topological polar surface area (TPSA) is 52.6 Å². The van der Waals surface area contributed by atoms with Crippen LogP contribution in [0.4, 0.5) is 5.82 Å². The minimum Gasteiger partial charge on any atom is -0.493 e. The highest BCUT2D eigenvalue weighted by Gasteiger charge is 2.11. The molecule has 0 aliphatic heterocycles. The molecule has 0 aliphatic rings. The Bertz CT molecular complexity index is 898. The third kappa shape index (κ3) is 4.94. The summed E-state index contributed by atoms with van der Waals surface area (Å²) in [6.07, 6.45) is 1.76. The molecule has 0 saturated carbocycles. The van der Waals surface area contributed by atoms with Gasteiger partial charge in [-0.3, -0.25) is 0 Å². The smallest absolute Gasteiger partial charge is 0.166 e. The molecular weight excluding hydrogens is 352 g/mol. The Morgan fingerprint density at radius 3 is 2.43 bits per heavy atom. The molecule has 3 rings (SSSR count). The highest BCUT2D eigenvalue weighted by Crippen LogP contribution is 2.31. The number of para-hydroxylation sites is 1. The summed E-state index contributed by atoms with van der Waals surface area (Å²) in [7, 11) is 1.64. The fourth-order valence-electron chi connectivity index (χ4n) is 2.85. The second-order valence-corrected chi connectivity index (χ2v) is 6.41. The van der Waals surface area contributed by atoms with Gasteiger partial charge < -0.3 is 19.5 Å². The van der Waals surface area contributed by atoms with Gasteiger partial charge in [0.2, 0.25) is 0 Å². The number of benzene rings is 2. The SMILES string of the molecule is COc1cccc(CNc2ccccn2)c1OCCOc1cccc(C)c1C. The number of nitrogens with zero attached hydrogens (tertiary/aromatic N) is 1. The number of nitrogens with one attached hydrogen (secondary N) is 1. The van der Waals surface area contributed by atoms with Crippen molar-refractivity contribution < 1.29 is 14.2 Å². The lowest BCUT2D eigenvalue weighted by Crippen LogP contribution is -2.12. The van der Waals surface area contributed by atoms with Crippen molar-refractivity contribution in [3.63, 3.8) is 0 Å². The van der Waals surface area contributed by atoms with E-state index < -0.39 is 0 Å². The van der Waals surface area contributed by atoms with Gasteiger partial charge >= 0.3 is 0 Å². The molecule has 5 nitrogen and oxygen atoms in total. The number of ether oxygens (including phenoxy) is 3. The zero-order valence-electron chi connectivity index (χ0n) is 16.6. The summed E-state index contributed by atoms with van der Waals surface area (Å²) in [6.45, 7) is 5.60. The molecule has 3 aromatic rings. The van der Waals surface area contributed by atoms with E-state index in [0.717, 1.165) is 28.4 Å². The van der Waals surface area contributed by atoms with Crippen molar-refractivity contribution in [1.29, 1.82) is 0 Å². The lowest BCUT2D eigenvalue weighted by atomic mass is 10.1. The van der Waals surface area contributed by atoms with Gasteiger partial charge in [0.25, 0.3) is 0 Å². The maximum atomic E-state index is 6.03. The highest BCUT2D eigenvalue weighted by atomic mass is 16.5. The zero-order chi connectivity index (χ0) is 19.8. The van der Waals surface area contributed by atoms with Crippen LogP contribution >= 0.6 is 0 Å². The number of anilines is 1. The van der Waals surface area contributed by atoms with Gasteiger partial charge in [-0.05, 0) is 49.2 Å². The van der Waals surface area contributed by atoms with Crippen LogP contribution < -0.4 is 19.5 Å². The molecule has 0 fully saturated rings. The van der Waals surface area contributed by atoms with Gasteiger partial charge in [-0.15, -0.1) is 0 Å². The van der Waals surface area contributed by atoms with Crippen LogP contribution in [0.2, 0.25) is 0 Å². The van der Waals surface area contributed by atoms with E-state index in [4.69, 9.17) is 14.2 Å². The van der Waals surface area contributed by atoms with Crippen molar-refractivity contribution in [3.8, 4) is 17.2 Å². The van der Waals surface area contributed by atoms with Crippen LogP contribution in [-0.2, 0) is 6.54 Å². The summed E-state index contributed by atoms with van der Waals surface area (Å²) in [6, 6.07) is 17.7. The summed E-state index contributed by atoms with van der Waals surface area (Å²) in [4.78, 5) is 4.29. The van der Waals surface area contributed by atoms with Crippen LogP contribution in [0.15, 0.2) is 60.8 Å². The van der Waals surface area contributed by atoms with Crippen LogP contribution in [0.1, 0.15) is 16.7 Å². The number of aromatic nitrogens is 1. The number of aryl methyl sites for hydroxylation is 1. The predicted molar refractivity (Wildman–Crippen MR) is 111 cm³/mol. The largest absolute Gasteiger partial charge is 0.493 e. The number of methoxy groups -OCH3 is 1. The van der Waals surface area contributed by atoms with E-state index in [1.807, 2.05) is 48.5 Å². The average Bonchev–Trinajstić information content (AvgIpc) is 2.73. The van der Waals surface area contributed by atoms with E-state index >= 15 is 0 Å². The van der Waals surface area contributed by atoms with Gasteiger partial charge in [-0.2, -0.15) is 0 Å². The molecule has 0 radical (unpaired) electrons. The number of hydrogen-bond acceptors (Lipinski definition) is 5. The fourth-order valence-corrected chi connectivity index (χ4v) is 2.85. The van der Waals surface area contributed by atoms with E-state index in [1.54, 1.807) is 13.3 Å². The molecule has 28 heavy (non-hydrogen) atoms. The molecule has 0 spiro atoms. The van der Waals surface area contributed by atoms with Crippen LogP contribution in [-0.4, -0.2) is 25.3 Å². The number of hydrogen-bond donors (Lipinski definition) is 1. The van der Waals surface area contributed by atoms with Crippen LogP contribution in [0.5, 0.6) is 17.2 Å². The fraction of sp³-hybridized carbons (Fsp3) is 0.261. The summed E-state index contributed by atoms with van der Waals surface area (Å²) >= 11 is 0. The summed E-state index contributed by atoms with van der Waals surface area (Å²) in [5, 5.41) is 3.30. The molecule has 1 N–H and O–H groups in total. The molecule has 0 unspecified atom stereocenters. The van der Waals surface area contributed by atoms with Crippen molar-refractivity contribution in [1.82, 2.24) is 4.98 Å². The second kappa shape index (κ2) is 9.65. The lowest BCUT2D eigenvalue weighted by Gasteiger charge is -2.16. The van der Waals surface area contributed by atoms with Gasteiger partial charge in [0.15, 0.2) is 11.5 Å². The lowest BCUT2D eigenvalue weighted by molar-refractivity contribution is 0.209. The Hall–Kier alpha value is -3.21. The first-order chi connectivity index (χ1) is 13.7. The van der Waals surface area contributed by atoms with Crippen molar-refractivity contribution in [2.24, 2.45) is 0 Å². The third-order valence-electron chi connectivity index (χ3n) is 4.55. The first-order valence-corrected chi connectivity index (χ1v) is 9.31. The molecule has 1 aromatic heterocycles. The quantitative estimate of drug-likeness (QED) is 0.543. The van der Waals surface area contributed by atoms with E-state index in [9.17, 15) is 0 Å². The van der Waals surface area contributed by atoms with Crippen LogP contribution in [0.25, 0.3) is 0 Å². The van der Waals surface area contributed by atoms with Crippen LogP contribution in [0.3, 0.4) is 0 Å². The second-order valence-electron chi connectivity index (χ2n) is 6.41. The van der Waals surface area contributed by atoms with Crippen LogP contribution in [0, 0.1) is 13.8 Å². The van der Waals surface area contributed by atoms with E-state index in [0.29, 0.717) is 25.5 Å². The standard InChI is InChI=1S/C23H26N2O3/c1-17-8-6-10-20(18(17)2)27-14-15-28-23-19(9-7-11-21(23)26-3)16-25-22-12-4-5-13-24-22/h4-13H,14-16H2,1-3H3,(H,24,25). The van der Waals surface area contributed by atoms with Crippen molar-refractivity contribution in [2.45, 2.75) is 20.4 Å². The Labute approximate surface area is 166 Å². The molecule has 0 aliphatic carbocycles. The molecular formula is C23H26N2O3. The van der Waals surface area contributed by atoms with Gasteiger partial charge in [-0.25, -0.2) is 4.98 Å². The van der Waals surface area contributed by atoms with E-state index in [1.165, 1.54) is 5.56 Å². The summed E-state index contributed by atoms with van der Waals surface area (Å²) < 4.78 is 17.4. The average molecular weight is 378 g/mol. The van der Waals surface area contributed by atoms with Gasteiger partial charge in [0.1, 0.15) is 24.8 Å². The first-order valence-electron chi connectivity index (χ1n) is 9.31. The maximum absolute atomic E-state index is 6.03. The predicted octanol–water partition coefficient (Wildman–Crippen LogP) is 4.78. The molecule has 1 heterocycles. The number of rotatable bonds is 9. The Balaban J connectivity index is 1.62. The van der Waals surface area contributed by atoms with Gasteiger partial charge in [0, 0.05) is 18.3 Å². The maximum Gasteiger partial charge on any atom is 0.166 e. The Kier molecular flexibility index (Phi) is 6.73. The highest BCUT2D eigenvalue weighted by molar-refractivity contribution is 5.48. The summed E-state index contributed by atoms with van der Waals surface area (Å²) in [5.41, 5.74) is 3.36.